The average molecular weight is 254 g/mol. The number of methoxy groups -OCH3 is 1. The van der Waals surface area contributed by atoms with Gasteiger partial charge in [-0.15, -0.1) is 11.8 Å². The molecule has 0 heterocycles. The number of rotatable bonds is 6. The normalized spacial score (nSPS) is 10.6. The van der Waals surface area contributed by atoms with E-state index in [-0.39, 0.29) is 5.75 Å². The highest BCUT2D eigenvalue weighted by molar-refractivity contribution is 7.99. The third-order valence-electron chi connectivity index (χ3n) is 2.45. The number of benzene rings is 1. The highest BCUT2D eigenvalue weighted by atomic mass is 32.2. The largest absolute Gasteiger partial charge is 0.496 e. The second kappa shape index (κ2) is 6.55. The van der Waals surface area contributed by atoms with Gasteiger partial charge >= 0.3 is 5.97 Å². The van der Waals surface area contributed by atoms with Crippen LogP contribution < -0.4 is 4.74 Å². The van der Waals surface area contributed by atoms with E-state index < -0.39 is 5.97 Å². The molecular weight excluding hydrogens is 236 g/mol. The first-order chi connectivity index (χ1) is 8.04. The van der Waals surface area contributed by atoms with Crippen LogP contribution in [0.2, 0.25) is 0 Å². The second-order valence-electron chi connectivity index (χ2n) is 4.11. The van der Waals surface area contributed by atoms with E-state index in [1.54, 1.807) is 7.11 Å². The topological polar surface area (TPSA) is 46.5 Å². The maximum absolute atomic E-state index is 10.5. The Morgan fingerprint density at radius 1 is 1.47 bits per heavy atom. The maximum Gasteiger partial charge on any atom is 0.313 e. The van der Waals surface area contributed by atoms with Crippen molar-refractivity contribution >= 4 is 17.7 Å². The number of aliphatic carboxylic acids is 1. The quantitative estimate of drug-likeness (QED) is 0.847. The lowest BCUT2D eigenvalue weighted by Gasteiger charge is -2.12. The second-order valence-corrected chi connectivity index (χ2v) is 5.10. The van der Waals surface area contributed by atoms with Gasteiger partial charge in [-0.25, -0.2) is 0 Å². The summed E-state index contributed by atoms with van der Waals surface area (Å²) in [5.41, 5.74) is 2.31. The Balaban J connectivity index is 2.79. The van der Waals surface area contributed by atoms with Crippen molar-refractivity contribution in [2.75, 3.05) is 12.9 Å². The number of carboxylic acids is 1. The molecular formula is C13H18O3S. The van der Waals surface area contributed by atoms with Gasteiger partial charge < -0.3 is 9.84 Å². The Labute approximate surface area is 106 Å². The minimum Gasteiger partial charge on any atom is -0.496 e. The molecule has 4 heteroatoms. The van der Waals surface area contributed by atoms with Crippen LogP contribution in [0.25, 0.3) is 0 Å². The van der Waals surface area contributed by atoms with Gasteiger partial charge in [0, 0.05) is 11.3 Å². The first-order valence-corrected chi connectivity index (χ1v) is 6.66. The Morgan fingerprint density at radius 3 is 2.71 bits per heavy atom. The Hall–Kier alpha value is -1.16. The van der Waals surface area contributed by atoms with Crippen LogP contribution >= 0.6 is 11.8 Å². The molecule has 0 radical (unpaired) electrons. The molecule has 17 heavy (non-hydrogen) atoms. The van der Waals surface area contributed by atoms with E-state index in [4.69, 9.17) is 9.84 Å². The molecule has 0 atom stereocenters. The molecule has 0 unspecified atom stereocenters. The van der Waals surface area contributed by atoms with Crippen molar-refractivity contribution < 1.29 is 14.6 Å². The number of carboxylic acid groups (broad SMARTS) is 1. The summed E-state index contributed by atoms with van der Waals surface area (Å²) in [6.07, 6.45) is 0. The van der Waals surface area contributed by atoms with Crippen molar-refractivity contribution in [3.8, 4) is 5.75 Å². The van der Waals surface area contributed by atoms with Gasteiger partial charge in [0.1, 0.15) is 5.75 Å². The fourth-order valence-electron chi connectivity index (χ4n) is 1.52. The van der Waals surface area contributed by atoms with Gasteiger partial charge in [0.05, 0.1) is 12.9 Å². The van der Waals surface area contributed by atoms with Crippen LogP contribution in [0, 0.1) is 0 Å². The number of carbonyl (C=O) groups is 1. The van der Waals surface area contributed by atoms with Crippen molar-refractivity contribution in [3.05, 3.63) is 29.3 Å². The predicted molar refractivity (Wildman–Crippen MR) is 70.9 cm³/mol. The summed E-state index contributed by atoms with van der Waals surface area (Å²) in [5, 5.41) is 8.61. The lowest BCUT2D eigenvalue weighted by molar-refractivity contribution is -0.133. The van der Waals surface area contributed by atoms with Crippen LogP contribution in [0.3, 0.4) is 0 Å². The Kier molecular flexibility index (Phi) is 5.35. The Bertz CT molecular complexity index is 388. The van der Waals surface area contributed by atoms with E-state index in [9.17, 15) is 4.79 Å². The summed E-state index contributed by atoms with van der Waals surface area (Å²) in [4.78, 5) is 10.5. The molecule has 0 fully saturated rings. The molecule has 0 saturated heterocycles. The smallest absolute Gasteiger partial charge is 0.313 e. The summed E-state index contributed by atoms with van der Waals surface area (Å²) in [6.45, 7) is 4.27. The zero-order valence-corrected chi connectivity index (χ0v) is 11.2. The molecule has 0 aromatic heterocycles. The molecule has 0 bridgehead atoms. The molecule has 0 spiro atoms. The number of ether oxygens (including phenoxy) is 1. The van der Waals surface area contributed by atoms with Gasteiger partial charge in [0.25, 0.3) is 0 Å². The van der Waals surface area contributed by atoms with E-state index in [0.29, 0.717) is 11.7 Å². The molecule has 1 aromatic rings. The van der Waals surface area contributed by atoms with Crippen molar-refractivity contribution in [3.63, 3.8) is 0 Å². The number of hydrogen-bond acceptors (Lipinski definition) is 3. The summed E-state index contributed by atoms with van der Waals surface area (Å²) in [5.74, 6) is 1.29. The van der Waals surface area contributed by atoms with E-state index >= 15 is 0 Å². The van der Waals surface area contributed by atoms with Crippen LogP contribution in [0.15, 0.2) is 18.2 Å². The monoisotopic (exact) mass is 254 g/mol. The first kappa shape index (κ1) is 13.9. The van der Waals surface area contributed by atoms with Crippen molar-refractivity contribution in [1.82, 2.24) is 0 Å². The molecule has 1 N–H and O–H groups in total. The SMILES string of the molecule is COc1ccc(C(C)C)cc1CSCC(=O)O. The number of thioether (sulfide) groups is 1. The molecule has 0 aliphatic carbocycles. The van der Waals surface area contributed by atoms with Gasteiger partial charge in [0.15, 0.2) is 0 Å². The molecule has 0 aliphatic rings. The molecule has 1 aromatic carbocycles. The predicted octanol–water partition coefficient (Wildman–Crippen LogP) is 3.14. The zero-order valence-electron chi connectivity index (χ0n) is 10.4. The van der Waals surface area contributed by atoms with E-state index in [0.717, 1.165) is 11.3 Å². The van der Waals surface area contributed by atoms with E-state index in [2.05, 4.69) is 26.0 Å². The van der Waals surface area contributed by atoms with E-state index in [1.165, 1.54) is 17.3 Å². The summed E-state index contributed by atoms with van der Waals surface area (Å²) >= 11 is 1.38. The van der Waals surface area contributed by atoms with Gasteiger partial charge in [0.2, 0.25) is 0 Å². The van der Waals surface area contributed by atoms with Crippen LogP contribution in [-0.4, -0.2) is 23.9 Å². The van der Waals surface area contributed by atoms with Gasteiger partial charge in [-0.1, -0.05) is 26.0 Å². The van der Waals surface area contributed by atoms with Gasteiger partial charge in [-0.2, -0.15) is 0 Å². The van der Waals surface area contributed by atoms with Crippen molar-refractivity contribution in [1.29, 1.82) is 0 Å². The summed E-state index contributed by atoms with van der Waals surface area (Å²) in [6, 6.07) is 6.10. The highest BCUT2D eigenvalue weighted by Crippen LogP contribution is 2.27. The summed E-state index contributed by atoms with van der Waals surface area (Å²) < 4.78 is 5.28. The molecule has 1 rings (SSSR count). The molecule has 94 valence electrons. The molecule has 0 aliphatic heterocycles. The molecule has 3 nitrogen and oxygen atoms in total. The standard InChI is InChI=1S/C13H18O3S/c1-9(2)10-4-5-12(16-3)11(6-10)7-17-8-13(14)15/h4-6,9H,7-8H2,1-3H3,(H,14,15). The highest BCUT2D eigenvalue weighted by Gasteiger charge is 2.08. The summed E-state index contributed by atoms with van der Waals surface area (Å²) in [7, 11) is 1.63. The maximum atomic E-state index is 10.5. The lowest BCUT2D eigenvalue weighted by atomic mass is 10.0. The van der Waals surface area contributed by atoms with Crippen molar-refractivity contribution in [2.45, 2.75) is 25.5 Å². The van der Waals surface area contributed by atoms with Crippen LogP contribution in [-0.2, 0) is 10.5 Å². The third kappa shape index (κ3) is 4.30. The molecule has 0 saturated carbocycles. The zero-order chi connectivity index (χ0) is 12.8. The van der Waals surface area contributed by atoms with E-state index in [1.807, 2.05) is 6.07 Å². The number of hydrogen-bond donors (Lipinski definition) is 1. The minimum atomic E-state index is -0.783. The molecule has 0 amide bonds. The first-order valence-electron chi connectivity index (χ1n) is 5.51. The fourth-order valence-corrected chi connectivity index (χ4v) is 2.24. The van der Waals surface area contributed by atoms with Crippen LogP contribution in [0.1, 0.15) is 30.9 Å². The minimum absolute atomic E-state index is 0.120. The van der Waals surface area contributed by atoms with Gasteiger partial charge in [-0.3, -0.25) is 4.79 Å². The van der Waals surface area contributed by atoms with Crippen molar-refractivity contribution in [2.24, 2.45) is 0 Å². The fraction of sp³-hybridized carbons (Fsp3) is 0.462. The van der Waals surface area contributed by atoms with Crippen LogP contribution in [0.5, 0.6) is 5.75 Å². The lowest BCUT2D eigenvalue weighted by Crippen LogP contribution is -2.00. The average Bonchev–Trinajstić information content (AvgIpc) is 2.28. The van der Waals surface area contributed by atoms with Gasteiger partial charge in [-0.05, 0) is 17.5 Å². The van der Waals surface area contributed by atoms with Crippen LogP contribution in [0.4, 0.5) is 0 Å². The Morgan fingerprint density at radius 2 is 2.18 bits per heavy atom. The third-order valence-corrected chi connectivity index (χ3v) is 3.42.